The zero-order valence-electron chi connectivity index (χ0n) is 10.0. The topological polar surface area (TPSA) is 44.5 Å². The van der Waals surface area contributed by atoms with Crippen LogP contribution in [0.3, 0.4) is 0 Å². The molecule has 1 aliphatic heterocycles. The summed E-state index contributed by atoms with van der Waals surface area (Å²) in [5, 5.41) is 0. The molecule has 1 heterocycles. The minimum Gasteiger partial charge on any atom is -0.454 e. The molecule has 1 aromatic carbocycles. The van der Waals surface area contributed by atoms with Crippen molar-refractivity contribution in [2.75, 3.05) is 6.79 Å². The van der Waals surface area contributed by atoms with E-state index in [2.05, 4.69) is 35.8 Å². The smallest absolute Gasteiger partial charge is 0.231 e. The van der Waals surface area contributed by atoms with Gasteiger partial charge in [0.05, 0.1) is 4.47 Å². The number of aryl methyl sites for hydroxylation is 1. The average molecular weight is 298 g/mol. The van der Waals surface area contributed by atoms with Crippen LogP contribution in [0.25, 0.3) is 0 Å². The molecule has 0 radical (unpaired) electrons. The minimum absolute atomic E-state index is 0.129. The van der Waals surface area contributed by atoms with Gasteiger partial charge in [0.15, 0.2) is 11.5 Å². The maximum Gasteiger partial charge on any atom is 0.231 e. The number of halogens is 1. The van der Waals surface area contributed by atoms with Gasteiger partial charge in [-0.15, -0.1) is 0 Å². The van der Waals surface area contributed by atoms with Gasteiger partial charge < -0.3 is 15.2 Å². The number of hydrogen-bond acceptors (Lipinski definition) is 3. The number of benzene rings is 1. The molecule has 0 bridgehead atoms. The first-order valence-electron chi connectivity index (χ1n) is 5.91. The van der Waals surface area contributed by atoms with Crippen molar-refractivity contribution in [3.8, 4) is 11.5 Å². The van der Waals surface area contributed by atoms with E-state index in [4.69, 9.17) is 15.2 Å². The highest BCUT2D eigenvalue weighted by molar-refractivity contribution is 9.10. The van der Waals surface area contributed by atoms with E-state index in [1.54, 1.807) is 0 Å². The Labute approximate surface area is 109 Å². The van der Waals surface area contributed by atoms with Crippen LogP contribution in [-0.2, 0) is 5.41 Å². The van der Waals surface area contributed by atoms with E-state index < -0.39 is 0 Å². The van der Waals surface area contributed by atoms with Gasteiger partial charge in [-0.2, -0.15) is 0 Å². The molecule has 17 heavy (non-hydrogen) atoms. The molecule has 1 atom stereocenters. The molecular formula is C13H16BrNO2. The molecule has 2 N–H and O–H groups in total. The lowest BCUT2D eigenvalue weighted by atomic mass is 9.86. The van der Waals surface area contributed by atoms with Gasteiger partial charge in [-0.1, -0.05) is 0 Å². The molecule has 0 saturated heterocycles. The Kier molecular flexibility index (Phi) is 2.42. The first-order chi connectivity index (χ1) is 8.06. The highest BCUT2D eigenvalue weighted by Gasteiger charge is 2.50. The molecule has 0 aromatic heterocycles. The zero-order chi connectivity index (χ0) is 12.2. The fourth-order valence-corrected chi connectivity index (χ4v) is 3.82. The number of ether oxygens (including phenoxy) is 2. The van der Waals surface area contributed by atoms with Crippen LogP contribution < -0.4 is 15.2 Å². The van der Waals surface area contributed by atoms with Gasteiger partial charge in [0.2, 0.25) is 6.79 Å². The van der Waals surface area contributed by atoms with Crippen molar-refractivity contribution in [2.24, 2.45) is 5.73 Å². The summed E-state index contributed by atoms with van der Waals surface area (Å²) in [5.41, 5.74) is 8.82. The number of fused-ring (bicyclic) bond motifs is 1. The second-order valence-electron chi connectivity index (χ2n) is 5.06. The van der Waals surface area contributed by atoms with Gasteiger partial charge in [-0.05, 0) is 59.8 Å². The van der Waals surface area contributed by atoms with E-state index in [0.29, 0.717) is 6.79 Å². The van der Waals surface area contributed by atoms with E-state index in [0.717, 1.165) is 28.8 Å². The molecule has 1 saturated carbocycles. The average Bonchev–Trinajstić information content (AvgIpc) is 2.91. The Morgan fingerprint density at radius 1 is 1.41 bits per heavy atom. The van der Waals surface area contributed by atoms with Gasteiger partial charge in [-0.3, -0.25) is 0 Å². The molecule has 1 aliphatic carbocycles. The van der Waals surface area contributed by atoms with Crippen molar-refractivity contribution >= 4 is 15.9 Å². The molecule has 3 rings (SSSR count). The Morgan fingerprint density at radius 2 is 2.12 bits per heavy atom. The molecule has 1 fully saturated rings. The van der Waals surface area contributed by atoms with Crippen LogP contribution >= 0.6 is 15.9 Å². The quantitative estimate of drug-likeness (QED) is 0.913. The van der Waals surface area contributed by atoms with Gasteiger partial charge in [0.1, 0.15) is 0 Å². The summed E-state index contributed by atoms with van der Waals surface area (Å²) in [6, 6.07) is 2.23. The maximum absolute atomic E-state index is 6.15. The maximum atomic E-state index is 6.15. The largest absolute Gasteiger partial charge is 0.454 e. The molecule has 0 amide bonds. The third kappa shape index (κ3) is 1.50. The lowest BCUT2D eigenvalue weighted by Gasteiger charge is -2.24. The van der Waals surface area contributed by atoms with E-state index in [-0.39, 0.29) is 11.5 Å². The molecule has 0 spiro atoms. The number of nitrogens with two attached hydrogens (primary N) is 1. The Morgan fingerprint density at radius 3 is 2.71 bits per heavy atom. The minimum atomic E-state index is 0.129. The van der Waals surface area contributed by atoms with Gasteiger partial charge in [0.25, 0.3) is 0 Å². The van der Waals surface area contributed by atoms with Crippen molar-refractivity contribution in [1.82, 2.24) is 0 Å². The van der Waals surface area contributed by atoms with Gasteiger partial charge in [0, 0.05) is 11.5 Å². The van der Waals surface area contributed by atoms with Crippen LogP contribution in [-0.4, -0.2) is 12.8 Å². The molecule has 1 unspecified atom stereocenters. The lowest BCUT2D eigenvalue weighted by Crippen LogP contribution is -2.32. The summed E-state index contributed by atoms with van der Waals surface area (Å²) in [6.07, 6.45) is 2.31. The van der Waals surface area contributed by atoms with Crippen LogP contribution in [0.1, 0.15) is 30.9 Å². The molecular weight excluding hydrogens is 282 g/mol. The monoisotopic (exact) mass is 297 g/mol. The highest BCUT2D eigenvalue weighted by Crippen LogP contribution is 2.57. The van der Waals surface area contributed by atoms with Gasteiger partial charge >= 0.3 is 0 Å². The number of hydrogen-bond donors (Lipinski definition) is 1. The Bertz CT molecular complexity index is 481. The summed E-state index contributed by atoms with van der Waals surface area (Å²) in [6.45, 7) is 4.51. The summed E-state index contributed by atoms with van der Waals surface area (Å²) < 4.78 is 12.0. The fourth-order valence-electron chi connectivity index (χ4n) is 2.80. The summed E-state index contributed by atoms with van der Waals surface area (Å²) >= 11 is 3.67. The first kappa shape index (κ1) is 11.4. The standard InChI is InChI=1S/C13H16BrNO2/c1-7-5-9-12(17-6-16-9)11(14)10(7)13(3-4-13)8(2)15/h5,8H,3-4,6,15H2,1-2H3. The molecule has 4 heteroatoms. The van der Waals surface area contributed by atoms with E-state index >= 15 is 0 Å². The van der Waals surface area contributed by atoms with Gasteiger partial charge in [-0.25, -0.2) is 0 Å². The molecule has 3 nitrogen and oxygen atoms in total. The molecule has 1 aromatic rings. The van der Waals surface area contributed by atoms with Crippen LogP contribution in [0.2, 0.25) is 0 Å². The third-order valence-electron chi connectivity index (χ3n) is 3.96. The highest BCUT2D eigenvalue weighted by atomic mass is 79.9. The van der Waals surface area contributed by atoms with Crippen molar-refractivity contribution in [3.63, 3.8) is 0 Å². The Hall–Kier alpha value is -0.740. The van der Waals surface area contributed by atoms with Crippen molar-refractivity contribution in [1.29, 1.82) is 0 Å². The normalized spacial score (nSPS) is 21.4. The predicted octanol–water partition coefficient (Wildman–Crippen LogP) is 2.87. The van der Waals surface area contributed by atoms with Crippen LogP contribution in [0.4, 0.5) is 0 Å². The van der Waals surface area contributed by atoms with Crippen molar-refractivity contribution < 1.29 is 9.47 Å². The summed E-state index contributed by atoms with van der Waals surface area (Å²) in [5.74, 6) is 1.66. The Balaban J connectivity index is 2.18. The van der Waals surface area contributed by atoms with Crippen LogP contribution in [0.5, 0.6) is 11.5 Å². The van der Waals surface area contributed by atoms with Crippen LogP contribution in [0.15, 0.2) is 10.5 Å². The van der Waals surface area contributed by atoms with Crippen molar-refractivity contribution in [2.45, 2.75) is 38.1 Å². The second-order valence-corrected chi connectivity index (χ2v) is 5.85. The third-order valence-corrected chi connectivity index (χ3v) is 4.72. The first-order valence-corrected chi connectivity index (χ1v) is 6.70. The molecule has 92 valence electrons. The second kappa shape index (κ2) is 3.62. The van der Waals surface area contributed by atoms with Crippen molar-refractivity contribution in [3.05, 3.63) is 21.7 Å². The van der Waals surface area contributed by atoms with E-state index in [9.17, 15) is 0 Å². The van der Waals surface area contributed by atoms with E-state index in [1.165, 1.54) is 11.1 Å². The summed E-state index contributed by atoms with van der Waals surface area (Å²) in [4.78, 5) is 0. The van der Waals surface area contributed by atoms with Crippen LogP contribution in [0, 0.1) is 6.92 Å². The fraction of sp³-hybridized carbons (Fsp3) is 0.538. The van der Waals surface area contributed by atoms with E-state index in [1.807, 2.05) is 0 Å². The molecule has 2 aliphatic rings. The SMILES string of the molecule is Cc1cc2c(c(Br)c1C1(C(C)N)CC1)OCO2. The number of rotatable bonds is 2. The zero-order valence-corrected chi connectivity index (χ0v) is 11.6. The lowest BCUT2D eigenvalue weighted by molar-refractivity contribution is 0.173. The summed E-state index contributed by atoms with van der Waals surface area (Å²) in [7, 11) is 0. The predicted molar refractivity (Wildman–Crippen MR) is 69.6 cm³/mol.